The second kappa shape index (κ2) is 8.98. The molecule has 1 amide bonds. The van der Waals surface area contributed by atoms with Crippen LogP contribution in [-0.2, 0) is 13.1 Å². The first kappa shape index (κ1) is 21.2. The van der Waals surface area contributed by atoms with E-state index < -0.39 is 0 Å². The predicted octanol–water partition coefficient (Wildman–Crippen LogP) is 3.67. The lowest BCUT2D eigenvalue weighted by molar-refractivity contribution is 0.0958. The first-order valence-electron chi connectivity index (χ1n) is 10.9. The smallest absolute Gasteiger partial charge is 0.269 e. The molecular weight excluding hydrogens is 388 g/mol. The molecule has 3 aromatic rings. The molecule has 1 saturated heterocycles. The van der Waals surface area contributed by atoms with Crippen LogP contribution in [0.1, 0.15) is 58.9 Å². The molecule has 0 aromatic carbocycles. The van der Waals surface area contributed by atoms with Crippen LogP contribution in [0.15, 0.2) is 36.7 Å². The summed E-state index contributed by atoms with van der Waals surface area (Å²) in [5, 5.41) is 7.21. The highest BCUT2D eigenvalue weighted by molar-refractivity contribution is 5.92. The molecule has 31 heavy (non-hydrogen) atoms. The van der Waals surface area contributed by atoms with Crippen molar-refractivity contribution in [3.8, 4) is 11.1 Å². The zero-order valence-electron chi connectivity index (χ0n) is 18.7. The maximum Gasteiger partial charge on any atom is 0.269 e. The lowest BCUT2D eigenvalue weighted by Crippen LogP contribution is -2.24. The van der Waals surface area contributed by atoms with E-state index in [0.29, 0.717) is 11.7 Å². The second-order valence-electron chi connectivity index (χ2n) is 8.16. The zero-order chi connectivity index (χ0) is 22.0. The van der Waals surface area contributed by atoms with Crippen molar-refractivity contribution in [3.05, 3.63) is 65.0 Å². The van der Waals surface area contributed by atoms with Gasteiger partial charge in [-0.2, -0.15) is 5.10 Å². The van der Waals surface area contributed by atoms with Crippen molar-refractivity contribution in [2.24, 2.45) is 0 Å². The Morgan fingerprint density at radius 1 is 1.23 bits per heavy atom. The van der Waals surface area contributed by atoms with Gasteiger partial charge >= 0.3 is 0 Å². The van der Waals surface area contributed by atoms with Gasteiger partial charge in [-0.25, -0.2) is 0 Å². The number of hydrogen-bond acceptors (Lipinski definition) is 5. The summed E-state index contributed by atoms with van der Waals surface area (Å²) in [7, 11) is 1.61. The summed E-state index contributed by atoms with van der Waals surface area (Å²) in [4.78, 5) is 23.5. The van der Waals surface area contributed by atoms with Crippen LogP contribution in [-0.4, -0.2) is 44.1 Å². The van der Waals surface area contributed by atoms with Crippen LogP contribution in [0.5, 0.6) is 0 Å². The molecule has 3 aromatic heterocycles. The molecule has 7 heteroatoms. The summed E-state index contributed by atoms with van der Waals surface area (Å²) in [5.74, 6) is -0.179. The largest absolute Gasteiger partial charge is 0.354 e. The molecule has 7 nitrogen and oxygen atoms in total. The highest BCUT2D eigenvalue weighted by Crippen LogP contribution is 2.34. The Balaban J connectivity index is 1.59. The Bertz CT molecular complexity index is 1070. The fourth-order valence-electron chi connectivity index (χ4n) is 4.30. The van der Waals surface area contributed by atoms with Crippen molar-refractivity contribution in [3.63, 3.8) is 0 Å². The number of nitrogens with one attached hydrogen (secondary N) is 1. The standard InChI is InChI=1S/C24H30N6O/c1-5-30-15-20(17(3)28-30)14-29-10-6-7-23(29)22-12-19(11-16(2)27-22)18-8-9-21(26-13-18)24(31)25-4/h8-9,11-13,15,23H,5-7,10,14H2,1-4H3,(H,25,31)/t23-/m1/s1. The molecule has 4 rings (SSSR count). The number of hydrogen-bond donors (Lipinski definition) is 1. The summed E-state index contributed by atoms with van der Waals surface area (Å²) < 4.78 is 2.01. The molecule has 1 aliphatic heterocycles. The number of rotatable bonds is 6. The Labute approximate surface area is 183 Å². The molecule has 1 fully saturated rings. The number of likely N-dealkylation sites (tertiary alicyclic amines) is 1. The number of pyridine rings is 2. The van der Waals surface area contributed by atoms with Crippen LogP contribution in [0, 0.1) is 13.8 Å². The summed E-state index contributed by atoms with van der Waals surface area (Å²) in [6, 6.07) is 8.26. The van der Waals surface area contributed by atoms with E-state index in [1.807, 2.05) is 17.7 Å². The van der Waals surface area contributed by atoms with E-state index in [1.165, 1.54) is 12.0 Å². The fourth-order valence-corrected chi connectivity index (χ4v) is 4.30. The van der Waals surface area contributed by atoms with E-state index in [9.17, 15) is 4.79 Å². The van der Waals surface area contributed by atoms with E-state index in [1.54, 1.807) is 19.3 Å². The SMILES string of the molecule is CCn1cc(CN2CCC[C@@H]2c2cc(-c3ccc(C(=O)NC)nc3)cc(C)n2)c(C)n1. The van der Waals surface area contributed by atoms with Gasteiger partial charge in [-0.15, -0.1) is 0 Å². The van der Waals surface area contributed by atoms with Crippen LogP contribution in [0.4, 0.5) is 0 Å². The number of nitrogens with zero attached hydrogens (tertiary/aromatic N) is 5. The number of aromatic nitrogens is 4. The average molecular weight is 419 g/mol. The van der Waals surface area contributed by atoms with E-state index >= 15 is 0 Å². The van der Waals surface area contributed by atoms with E-state index in [0.717, 1.165) is 54.3 Å². The van der Waals surface area contributed by atoms with Gasteiger partial charge in [0.2, 0.25) is 0 Å². The monoisotopic (exact) mass is 418 g/mol. The van der Waals surface area contributed by atoms with Gasteiger partial charge in [-0.1, -0.05) is 6.07 Å². The first-order valence-corrected chi connectivity index (χ1v) is 10.9. The molecule has 0 unspecified atom stereocenters. The topological polar surface area (TPSA) is 75.9 Å². The Hall–Kier alpha value is -3.06. The molecule has 1 atom stereocenters. The second-order valence-corrected chi connectivity index (χ2v) is 8.16. The normalized spacial score (nSPS) is 16.6. The molecule has 0 spiro atoms. The first-order chi connectivity index (χ1) is 15.0. The molecule has 0 aliphatic carbocycles. The molecule has 0 saturated carbocycles. The van der Waals surface area contributed by atoms with Crippen molar-refractivity contribution in [2.45, 2.75) is 52.7 Å². The van der Waals surface area contributed by atoms with Crippen LogP contribution >= 0.6 is 0 Å². The minimum absolute atomic E-state index is 0.179. The van der Waals surface area contributed by atoms with Crippen LogP contribution in [0.3, 0.4) is 0 Å². The lowest BCUT2D eigenvalue weighted by Gasteiger charge is -2.24. The third-order valence-corrected chi connectivity index (χ3v) is 5.98. The highest BCUT2D eigenvalue weighted by Gasteiger charge is 2.28. The Kier molecular flexibility index (Phi) is 6.13. The Morgan fingerprint density at radius 2 is 2.06 bits per heavy atom. The predicted molar refractivity (Wildman–Crippen MR) is 121 cm³/mol. The molecule has 1 N–H and O–H groups in total. The van der Waals surface area contributed by atoms with Gasteiger partial charge in [0, 0.05) is 49.4 Å². The quantitative estimate of drug-likeness (QED) is 0.661. The third-order valence-electron chi connectivity index (χ3n) is 5.98. The van der Waals surface area contributed by atoms with Gasteiger partial charge in [0.1, 0.15) is 5.69 Å². The summed E-state index contributed by atoms with van der Waals surface area (Å²) in [5.41, 5.74) is 6.97. The van der Waals surface area contributed by atoms with Crippen molar-refractivity contribution in [2.75, 3.05) is 13.6 Å². The molecule has 162 valence electrons. The number of aryl methyl sites for hydroxylation is 3. The van der Waals surface area contributed by atoms with Crippen molar-refractivity contribution >= 4 is 5.91 Å². The molecular formula is C24H30N6O. The van der Waals surface area contributed by atoms with E-state index in [2.05, 4.69) is 52.5 Å². The summed E-state index contributed by atoms with van der Waals surface area (Å²) >= 11 is 0. The van der Waals surface area contributed by atoms with Crippen LogP contribution in [0.25, 0.3) is 11.1 Å². The highest BCUT2D eigenvalue weighted by atomic mass is 16.1. The van der Waals surface area contributed by atoms with Crippen LogP contribution < -0.4 is 5.32 Å². The van der Waals surface area contributed by atoms with Gasteiger partial charge in [0.05, 0.1) is 17.4 Å². The van der Waals surface area contributed by atoms with Crippen molar-refractivity contribution in [1.82, 2.24) is 30.0 Å². The van der Waals surface area contributed by atoms with E-state index in [-0.39, 0.29) is 5.91 Å². The van der Waals surface area contributed by atoms with E-state index in [4.69, 9.17) is 4.98 Å². The van der Waals surface area contributed by atoms with Crippen molar-refractivity contribution in [1.29, 1.82) is 0 Å². The summed E-state index contributed by atoms with van der Waals surface area (Å²) in [6.07, 6.45) is 6.20. The fraction of sp³-hybridized carbons (Fsp3) is 0.417. The minimum atomic E-state index is -0.179. The molecule has 0 bridgehead atoms. The average Bonchev–Trinajstić information content (AvgIpc) is 3.39. The number of amides is 1. The number of carbonyl (C=O) groups is 1. The zero-order valence-corrected chi connectivity index (χ0v) is 18.7. The summed E-state index contributed by atoms with van der Waals surface area (Å²) in [6.45, 7) is 9.08. The van der Waals surface area contributed by atoms with Crippen molar-refractivity contribution < 1.29 is 4.79 Å². The maximum absolute atomic E-state index is 11.8. The van der Waals surface area contributed by atoms with Gasteiger partial charge in [0.15, 0.2) is 0 Å². The molecule has 0 radical (unpaired) electrons. The van der Waals surface area contributed by atoms with Gasteiger partial charge in [-0.05, 0) is 63.9 Å². The molecule has 1 aliphatic rings. The van der Waals surface area contributed by atoms with Crippen LogP contribution in [0.2, 0.25) is 0 Å². The number of carbonyl (C=O) groups excluding carboxylic acids is 1. The molecule has 4 heterocycles. The maximum atomic E-state index is 11.8. The van der Waals surface area contributed by atoms with Gasteiger partial charge < -0.3 is 5.32 Å². The lowest BCUT2D eigenvalue weighted by atomic mass is 10.0. The minimum Gasteiger partial charge on any atom is -0.354 e. The van der Waals surface area contributed by atoms with Gasteiger partial charge in [0.25, 0.3) is 5.91 Å². The third kappa shape index (κ3) is 4.51. The van der Waals surface area contributed by atoms with Gasteiger partial charge in [-0.3, -0.25) is 24.3 Å². The Morgan fingerprint density at radius 3 is 2.74 bits per heavy atom.